The van der Waals surface area contributed by atoms with E-state index in [-0.39, 0.29) is 36.4 Å². The number of methoxy groups -OCH3 is 1. The highest BCUT2D eigenvalue weighted by Gasteiger charge is 2.17. The first-order valence-electron chi connectivity index (χ1n) is 12.9. The van der Waals surface area contributed by atoms with Gasteiger partial charge in [0.15, 0.2) is 0 Å². The van der Waals surface area contributed by atoms with Gasteiger partial charge in [-0.2, -0.15) is 0 Å². The van der Waals surface area contributed by atoms with Crippen LogP contribution in [0.5, 0.6) is 5.75 Å². The van der Waals surface area contributed by atoms with E-state index >= 15 is 0 Å². The topological polar surface area (TPSA) is 64.6 Å². The number of carbonyl (C=O) groups excluding carboxylic acids is 2. The zero-order valence-corrected chi connectivity index (χ0v) is 22.8. The van der Waals surface area contributed by atoms with Crippen LogP contribution < -0.4 is 10.1 Å². The fourth-order valence-corrected chi connectivity index (χ4v) is 4.06. The van der Waals surface area contributed by atoms with Gasteiger partial charge in [-0.05, 0) is 64.3 Å². The first kappa shape index (κ1) is 28.0. The first-order chi connectivity index (χ1) is 17.6. The lowest BCUT2D eigenvalue weighted by atomic mass is 9.86. The molecule has 0 saturated heterocycles. The van der Waals surface area contributed by atoms with Crippen LogP contribution in [0.15, 0.2) is 72.8 Å². The van der Waals surface area contributed by atoms with Crippen LogP contribution in [0.1, 0.15) is 75.0 Å². The van der Waals surface area contributed by atoms with Crippen molar-refractivity contribution in [1.82, 2.24) is 5.32 Å². The molecule has 0 bridgehead atoms. The van der Waals surface area contributed by atoms with Gasteiger partial charge in [0.25, 0.3) is 5.91 Å². The molecule has 0 aliphatic heterocycles. The van der Waals surface area contributed by atoms with Gasteiger partial charge in [-0.1, -0.05) is 83.1 Å². The van der Waals surface area contributed by atoms with E-state index in [9.17, 15) is 9.59 Å². The number of esters is 1. The molecule has 1 N–H and O–H groups in total. The lowest BCUT2D eigenvalue weighted by molar-refractivity contribution is -0.140. The molecule has 3 aromatic carbocycles. The minimum atomic E-state index is -0.351. The Morgan fingerprint density at radius 2 is 1.41 bits per heavy atom. The zero-order valence-electron chi connectivity index (χ0n) is 22.8. The summed E-state index contributed by atoms with van der Waals surface area (Å²) in [6.45, 7) is 11.2. The van der Waals surface area contributed by atoms with Crippen LogP contribution in [0.4, 0.5) is 0 Å². The van der Waals surface area contributed by atoms with Crippen LogP contribution in [0.3, 0.4) is 0 Å². The predicted molar refractivity (Wildman–Crippen MR) is 149 cm³/mol. The molecule has 5 heteroatoms. The van der Waals surface area contributed by atoms with Crippen molar-refractivity contribution in [3.05, 3.63) is 89.5 Å². The lowest BCUT2D eigenvalue weighted by Crippen LogP contribution is -2.26. The third-order valence-electron chi connectivity index (χ3n) is 6.29. The van der Waals surface area contributed by atoms with E-state index in [2.05, 4.69) is 81.1 Å². The second kappa shape index (κ2) is 12.6. The number of benzene rings is 3. The highest BCUT2D eigenvalue weighted by Crippen LogP contribution is 2.31. The molecule has 0 aliphatic rings. The van der Waals surface area contributed by atoms with E-state index < -0.39 is 0 Å². The molecule has 196 valence electrons. The normalized spacial score (nSPS) is 12.2. The number of rotatable bonds is 10. The van der Waals surface area contributed by atoms with Gasteiger partial charge >= 0.3 is 5.97 Å². The molecule has 0 heterocycles. The van der Waals surface area contributed by atoms with Gasteiger partial charge in [0.2, 0.25) is 0 Å². The summed E-state index contributed by atoms with van der Waals surface area (Å²) in [6, 6.07) is 24.4. The number of amides is 1. The number of ether oxygens (including phenoxy) is 2. The summed E-state index contributed by atoms with van der Waals surface area (Å²) < 4.78 is 11.0. The summed E-state index contributed by atoms with van der Waals surface area (Å²) in [5.41, 5.74) is 5.33. The number of hydrogen-bond acceptors (Lipinski definition) is 4. The van der Waals surface area contributed by atoms with E-state index in [1.165, 1.54) is 18.2 Å². The fourth-order valence-electron chi connectivity index (χ4n) is 4.06. The summed E-state index contributed by atoms with van der Waals surface area (Å²) >= 11 is 0. The molecule has 37 heavy (non-hydrogen) atoms. The maximum atomic E-state index is 12.4. The van der Waals surface area contributed by atoms with Crippen LogP contribution in [0.25, 0.3) is 11.1 Å². The van der Waals surface area contributed by atoms with E-state index in [1.807, 2.05) is 24.3 Å². The second-order valence-electron chi connectivity index (χ2n) is 10.8. The van der Waals surface area contributed by atoms with Crippen molar-refractivity contribution in [2.45, 2.75) is 59.0 Å². The molecule has 5 nitrogen and oxygen atoms in total. The van der Waals surface area contributed by atoms with Crippen LogP contribution in [0, 0.1) is 5.92 Å². The van der Waals surface area contributed by atoms with Crippen molar-refractivity contribution >= 4 is 11.9 Å². The SMILES string of the molecule is COC(=O)CCNC(=O)c1ccc(C(CC(C)C)Oc2ccc(-c3ccc(C(C)(C)C)cc3)cc2)cc1. The molecule has 1 amide bonds. The summed E-state index contributed by atoms with van der Waals surface area (Å²) in [6.07, 6.45) is 0.861. The fraction of sp³-hybridized carbons (Fsp3) is 0.375. The Hall–Kier alpha value is -3.60. The Kier molecular flexibility index (Phi) is 9.51. The highest BCUT2D eigenvalue weighted by molar-refractivity contribution is 5.94. The van der Waals surface area contributed by atoms with E-state index in [0.29, 0.717) is 11.5 Å². The van der Waals surface area contributed by atoms with Crippen molar-refractivity contribution in [1.29, 1.82) is 0 Å². The molecule has 1 atom stereocenters. The quantitative estimate of drug-likeness (QED) is 0.301. The van der Waals surface area contributed by atoms with Gasteiger partial charge < -0.3 is 14.8 Å². The van der Waals surface area contributed by atoms with Crippen molar-refractivity contribution in [3.8, 4) is 16.9 Å². The molecule has 3 aromatic rings. The van der Waals surface area contributed by atoms with Gasteiger partial charge in [-0.3, -0.25) is 9.59 Å². The van der Waals surface area contributed by atoms with Crippen molar-refractivity contribution in [2.24, 2.45) is 5.92 Å². The Morgan fingerprint density at radius 1 is 0.838 bits per heavy atom. The van der Waals surface area contributed by atoms with Gasteiger partial charge in [0, 0.05) is 12.1 Å². The van der Waals surface area contributed by atoms with Crippen molar-refractivity contribution in [3.63, 3.8) is 0 Å². The average Bonchev–Trinajstić information content (AvgIpc) is 2.88. The number of carbonyl (C=O) groups is 2. The number of nitrogens with one attached hydrogen (secondary N) is 1. The summed E-state index contributed by atoms with van der Waals surface area (Å²) in [5.74, 6) is 0.677. The van der Waals surface area contributed by atoms with Gasteiger partial charge in [-0.25, -0.2) is 0 Å². The molecule has 0 aromatic heterocycles. The molecule has 0 saturated carbocycles. The van der Waals surface area contributed by atoms with Crippen LogP contribution >= 0.6 is 0 Å². The Bertz CT molecular complexity index is 1160. The smallest absolute Gasteiger partial charge is 0.307 e. The first-order valence-corrected chi connectivity index (χ1v) is 12.9. The van der Waals surface area contributed by atoms with E-state index in [1.54, 1.807) is 12.1 Å². The van der Waals surface area contributed by atoms with Crippen LogP contribution in [0.2, 0.25) is 0 Å². The molecular formula is C32H39NO4. The van der Waals surface area contributed by atoms with Crippen molar-refractivity contribution in [2.75, 3.05) is 13.7 Å². The molecule has 1 unspecified atom stereocenters. The molecule has 0 radical (unpaired) electrons. The maximum absolute atomic E-state index is 12.4. The molecule has 0 spiro atoms. The monoisotopic (exact) mass is 501 g/mol. The van der Waals surface area contributed by atoms with E-state index in [0.717, 1.165) is 23.3 Å². The number of hydrogen-bond donors (Lipinski definition) is 1. The Labute approximate surface area is 221 Å². The zero-order chi connectivity index (χ0) is 27.0. The van der Waals surface area contributed by atoms with Crippen LogP contribution in [-0.2, 0) is 14.9 Å². The minimum Gasteiger partial charge on any atom is -0.486 e. The molecular weight excluding hydrogens is 462 g/mol. The predicted octanol–water partition coefficient (Wildman–Crippen LogP) is 7.11. The Balaban J connectivity index is 1.68. The largest absolute Gasteiger partial charge is 0.486 e. The summed E-state index contributed by atoms with van der Waals surface area (Å²) in [5, 5.41) is 2.74. The molecule has 3 rings (SSSR count). The third-order valence-corrected chi connectivity index (χ3v) is 6.29. The Morgan fingerprint density at radius 3 is 1.92 bits per heavy atom. The minimum absolute atomic E-state index is 0.131. The molecule has 0 fully saturated rings. The highest BCUT2D eigenvalue weighted by atomic mass is 16.5. The average molecular weight is 502 g/mol. The third kappa shape index (κ3) is 8.21. The summed E-state index contributed by atoms with van der Waals surface area (Å²) in [7, 11) is 1.33. The maximum Gasteiger partial charge on any atom is 0.307 e. The van der Waals surface area contributed by atoms with Crippen LogP contribution in [-0.4, -0.2) is 25.5 Å². The lowest BCUT2D eigenvalue weighted by Gasteiger charge is -2.22. The van der Waals surface area contributed by atoms with E-state index in [4.69, 9.17) is 4.74 Å². The second-order valence-corrected chi connectivity index (χ2v) is 10.8. The summed E-state index contributed by atoms with van der Waals surface area (Å²) in [4.78, 5) is 23.6. The van der Waals surface area contributed by atoms with Crippen molar-refractivity contribution < 1.29 is 19.1 Å². The van der Waals surface area contributed by atoms with Gasteiger partial charge in [0.05, 0.1) is 13.5 Å². The van der Waals surface area contributed by atoms with Gasteiger partial charge in [0.1, 0.15) is 11.9 Å². The standard InChI is InChI=1S/C32H39NO4/c1-22(2)21-29(25-7-9-26(10-8-25)31(35)33-20-19-30(34)36-6)37-28-17-13-24(14-18-28)23-11-15-27(16-12-23)32(3,4)5/h7-18,22,29H,19-21H2,1-6H3,(H,33,35). The van der Waals surface area contributed by atoms with Gasteiger partial charge in [-0.15, -0.1) is 0 Å². The molecule has 0 aliphatic carbocycles.